The molecule has 0 aliphatic heterocycles. The van der Waals surface area contributed by atoms with Gasteiger partial charge in [-0.25, -0.2) is 0 Å². The van der Waals surface area contributed by atoms with Crippen molar-refractivity contribution in [3.63, 3.8) is 0 Å². The van der Waals surface area contributed by atoms with E-state index in [1.807, 2.05) is 0 Å². The molecule has 4 saturated carbocycles. The second-order valence-electron chi connectivity index (χ2n) is 6.58. The summed E-state index contributed by atoms with van der Waals surface area (Å²) in [6.07, 6.45) is 9.33. The molecule has 0 unspecified atom stereocenters. The third-order valence-corrected chi connectivity index (χ3v) is 4.65. The Balaban J connectivity index is 0.000000653. The summed E-state index contributed by atoms with van der Waals surface area (Å²) in [5.74, 6) is 2.22. The molecular formula is C12H21Cl. The molecule has 13 heavy (non-hydrogen) atoms. The zero-order valence-electron chi connectivity index (χ0n) is 8.81. The van der Waals surface area contributed by atoms with Gasteiger partial charge in [0.05, 0.1) is 0 Å². The molecular weight excluding hydrogens is 180 g/mol. The van der Waals surface area contributed by atoms with Crippen molar-refractivity contribution in [2.45, 2.75) is 52.4 Å². The first-order valence-electron chi connectivity index (χ1n) is 5.57. The van der Waals surface area contributed by atoms with E-state index in [0.29, 0.717) is 0 Å². The second-order valence-corrected chi connectivity index (χ2v) is 6.58. The summed E-state index contributed by atoms with van der Waals surface area (Å²) in [7, 11) is 0. The molecule has 76 valence electrons. The van der Waals surface area contributed by atoms with Crippen LogP contribution in [-0.4, -0.2) is 0 Å². The predicted molar refractivity (Wildman–Crippen MR) is 58.1 cm³/mol. The largest absolute Gasteiger partial charge is 0.147 e. The molecule has 0 spiro atoms. The van der Waals surface area contributed by atoms with E-state index >= 15 is 0 Å². The van der Waals surface area contributed by atoms with E-state index < -0.39 is 0 Å². The van der Waals surface area contributed by atoms with Crippen molar-refractivity contribution in [3.8, 4) is 0 Å². The summed E-state index contributed by atoms with van der Waals surface area (Å²) in [6, 6.07) is 0. The van der Waals surface area contributed by atoms with Crippen molar-refractivity contribution in [2.24, 2.45) is 22.7 Å². The van der Waals surface area contributed by atoms with Crippen LogP contribution in [0.25, 0.3) is 0 Å². The molecule has 0 amide bonds. The number of hydrogen-bond acceptors (Lipinski definition) is 0. The lowest BCUT2D eigenvalue weighted by Gasteiger charge is -2.60. The predicted octanol–water partition coefficient (Wildman–Crippen LogP) is 4.03. The van der Waals surface area contributed by atoms with Crippen LogP contribution in [0.3, 0.4) is 0 Å². The van der Waals surface area contributed by atoms with E-state index in [-0.39, 0.29) is 12.4 Å². The zero-order chi connectivity index (χ0) is 8.40. The van der Waals surface area contributed by atoms with Gasteiger partial charge in [-0.05, 0) is 61.2 Å². The Morgan fingerprint density at radius 1 is 0.846 bits per heavy atom. The molecule has 0 atom stereocenters. The molecule has 0 radical (unpaired) electrons. The molecule has 0 aromatic rings. The first-order chi connectivity index (χ1) is 5.57. The number of rotatable bonds is 0. The third-order valence-electron chi connectivity index (χ3n) is 4.65. The van der Waals surface area contributed by atoms with E-state index in [4.69, 9.17) is 0 Å². The highest BCUT2D eigenvalue weighted by atomic mass is 35.5. The average molecular weight is 201 g/mol. The van der Waals surface area contributed by atoms with Gasteiger partial charge < -0.3 is 0 Å². The van der Waals surface area contributed by atoms with Crippen molar-refractivity contribution in [1.82, 2.24) is 0 Å². The molecule has 0 aromatic carbocycles. The summed E-state index contributed by atoms with van der Waals surface area (Å²) < 4.78 is 0. The van der Waals surface area contributed by atoms with E-state index in [2.05, 4.69) is 13.8 Å². The van der Waals surface area contributed by atoms with Gasteiger partial charge in [-0.3, -0.25) is 0 Å². The molecule has 0 N–H and O–H groups in total. The van der Waals surface area contributed by atoms with Crippen LogP contribution >= 0.6 is 12.4 Å². The van der Waals surface area contributed by atoms with E-state index in [1.54, 1.807) is 32.1 Å². The molecule has 4 aliphatic carbocycles. The molecule has 0 heterocycles. The lowest BCUT2D eigenvalue weighted by Crippen LogP contribution is -2.49. The van der Waals surface area contributed by atoms with Crippen LogP contribution in [0.1, 0.15) is 52.4 Å². The molecule has 4 bridgehead atoms. The topological polar surface area (TPSA) is 0 Å². The molecule has 1 heteroatoms. The normalized spacial score (nSPS) is 57.7. The Kier molecular flexibility index (Phi) is 2.01. The third kappa shape index (κ3) is 1.42. The maximum atomic E-state index is 2.54. The Morgan fingerprint density at radius 2 is 1.23 bits per heavy atom. The first kappa shape index (κ1) is 9.83. The zero-order valence-corrected chi connectivity index (χ0v) is 9.62. The summed E-state index contributed by atoms with van der Waals surface area (Å²) >= 11 is 0. The van der Waals surface area contributed by atoms with Crippen LogP contribution in [0.2, 0.25) is 0 Å². The Hall–Kier alpha value is 0.290. The van der Waals surface area contributed by atoms with Crippen LogP contribution in [0.4, 0.5) is 0 Å². The van der Waals surface area contributed by atoms with Crippen LogP contribution in [0.15, 0.2) is 0 Å². The van der Waals surface area contributed by atoms with Gasteiger partial charge >= 0.3 is 0 Å². The second kappa shape index (κ2) is 2.66. The van der Waals surface area contributed by atoms with Crippen molar-refractivity contribution in [2.75, 3.05) is 0 Å². The summed E-state index contributed by atoms with van der Waals surface area (Å²) in [6.45, 7) is 5.09. The van der Waals surface area contributed by atoms with E-state index in [0.717, 1.165) is 22.7 Å². The molecule has 0 aromatic heterocycles. The lowest BCUT2D eigenvalue weighted by molar-refractivity contribution is -0.0920. The fraction of sp³-hybridized carbons (Fsp3) is 1.00. The van der Waals surface area contributed by atoms with Gasteiger partial charge in [0.25, 0.3) is 0 Å². The van der Waals surface area contributed by atoms with Crippen molar-refractivity contribution >= 4 is 12.4 Å². The van der Waals surface area contributed by atoms with Crippen molar-refractivity contribution in [3.05, 3.63) is 0 Å². The van der Waals surface area contributed by atoms with E-state index in [9.17, 15) is 0 Å². The maximum Gasteiger partial charge on any atom is -0.0315 e. The van der Waals surface area contributed by atoms with E-state index in [1.165, 1.54) is 6.42 Å². The highest BCUT2D eigenvalue weighted by molar-refractivity contribution is 5.85. The van der Waals surface area contributed by atoms with Gasteiger partial charge in [-0.1, -0.05) is 13.8 Å². The Morgan fingerprint density at radius 3 is 1.54 bits per heavy atom. The monoisotopic (exact) mass is 200 g/mol. The van der Waals surface area contributed by atoms with Gasteiger partial charge in [0.2, 0.25) is 0 Å². The van der Waals surface area contributed by atoms with Gasteiger partial charge in [-0.15, -0.1) is 12.4 Å². The highest BCUT2D eigenvalue weighted by Crippen LogP contribution is 2.64. The maximum absolute atomic E-state index is 2.54. The average Bonchev–Trinajstić information content (AvgIpc) is 1.75. The lowest BCUT2D eigenvalue weighted by atomic mass is 9.45. The molecule has 4 rings (SSSR count). The standard InChI is InChI=1S/C12H20.ClH/c1-11-4-9-3-10(5-11)7-12(2,6-9)8-11;/h9-10H,3-8H2,1-2H3;1H. The number of halogens is 1. The highest BCUT2D eigenvalue weighted by Gasteiger charge is 2.53. The van der Waals surface area contributed by atoms with Crippen molar-refractivity contribution < 1.29 is 0 Å². The van der Waals surface area contributed by atoms with Gasteiger partial charge in [0.15, 0.2) is 0 Å². The molecule has 0 saturated heterocycles. The smallest absolute Gasteiger partial charge is 0.0315 e. The first-order valence-corrected chi connectivity index (χ1v) is 5.57. The van der Waals surface area contributed by atoms with Gasteiger partial charge in [0, 0.05) is 0 Å². The molecule has 4 aliphatic rings. The minimum absolute atomic E-state index is 0. The minimum atomic E-state index is 0. The van der Waals surface area contributed by atoms with Crippen LogP contribution in [0.5, 0.6) is 0 Å². The van der Waals surface area contributed by atoms with Crippen molar-refractivity contribution in [1.29, 1.82) is 0 Å². The summed E-state index contributed by atoms with van der Waals surface area (Å²) in [5.41, 5.74) is 1.53. The van der Waals surface area contributed by atoms with Crippen LogP contribution in [0, 0.1) is 22.7 Å². The Bertz CT molecular complexity index is 187. The van der Waals surface area contributed by atoms with Gasteiger partial charge in [0.1, 0.15) is 0 Å². The molecule has 0 nitrogen and oxygen atoms in total. The van der Waals surface area contributed by atoms with Gasteiger partial charge in [-0.2, -0.15) is 0 Å². The van der Waals surface area contributed by atoms with Crippen LogP contribution < -0.4 is 0 Å². The quantitative estimate of drug-likeness (QED) is 0.554. The number of hydrogen-bond donors (Lipinski definition) is 0. The van der Waals surface area contributed by atoms with Crippen LogP contribution in [-0.2, 0) is 0 Å². The fourth-order valence-electron chi connectivity index (χ4n) is 5.22. The summed E-state index contributed by atoms with van der Waals surface area (Å²) in [4.78, 5) is 0. The summed E-state index contributed by atoms with van der Waals surface area (Å²) in [5, 5.41) is 0. The molecule has 4 fully saturated rings. The SMILES string of the molecule is CC12CC3CC(C1)CC(C)(C3)C2.Cl. The fourth-order valence-corrected chi connectivity index (χ4v) is 5.22. The Labute approximate surface area is 87.9 Å². The minimum Gasteiger partial charge on any atom is -0.147 e.